The highest BCUT2D eigenvalue weighted by molar-refractivity contribution is 5.86. The van der Waals surface area contributed by atoms with E-state index in [0.717, 1.165) is 18.9 Å². The number of ether oxygens (including phenoxy) is 2. The van der Waals surface area contributed by atoms with Crippen LogP contribution in [0, 0.1) is 29.8 Å². The van der Waals surface area contributed by atoms with Gasteiger partial charge in [0, 0.05) is 60.4 Å². The zero-order valence-corrected chi connectivity index (χ0v) is 24.9. The van der Waals surface area contributed by atoms with Gasteiger partial charge in [0.05, 0.1) is 17.9 Å². The lowest BCUT2D eigenvalue weighted by Crippen LogP contribution is -2.39. The van der Waals surface area contributed by atoms with Crippen LogP contribution in [-0.2, 0) is 16.0 Å². The van der Waals surface area contributed by atoms with Gasteiger partial charge in [-0.25, -0.2) is 22.9 Å². The summed E-state index contributed by atoms with van der Waals surface area (Å²) in [5, 5.41) is 10.3. The Hall–Kier alpha value is -3.66. The third-order valence-corrected chi connectivity index (χ3v) is 7.35. The SMILES string of the molecule is Cc1ncc(-c2cnc(OCCc3cc(F)cc(F)c3)c(F)c2)c(N2CCC(C)(C)CC2)c1C(OC(C)(C)C)C(=O)O. The van der Waals surface area contributed by atoms with Crippen molar-refractivity contribution in [3.05, 3.63) is 70.9 Å². The number of hydrogen-bond acceptors (Lipinski definition) is 6. The predicted molar refractivity (Wildman–Crippen MR) is 154 cm³/mol. The molecule has 0 bridgehead atoms. The molecule has 1 aliphatic rings. The number of anilines is 1. The van der Waals surface area contributed by atoms with Gasteiger partial charge in [-0.05, 0) is 69.7 Å². The maximum absolute atomic E-state index is 15.3. The molecular formula is C32H38F3N3O4. The standard InChI is InChI=1S/C32H38F3N3O4/c1-19-26(28(30(39)40)42-31(2,3)4)27(38-10-8-32(5,6)9-11-38)24(18-36-19)21-15-25(35)29(37-17-21)41-12-7-20-13-22(33)16-23(34)14-20/h13-18,28H,7-12H2,1-6H3,(H,39,40). The van der Waals surface area contributed by atoms with Crippen LogP contribution in [0.25, 0.3) is 11.1 Å². The van der Waals surface area contributed by atoms with Crippen molar-refractivity contribution in [2.24, 2.45) is 5.41 Å². The van der Waals surface area contributed by atoms with Crippen molar-refractivity contribution in [3.8, 4) is 17.0 Å². The smallest absolute Gasteiger partial charge is 0.337 e. The number of halogens is 3. The number of pyridine rings is 2. The van der Waals surface area contributed by atoms with Gasteiger partial charge in [-0.2, -0.15) is 0 Å². The molecule has 0 saturated carbocycles. The van der Waals surface area contributed by atoms with E-state index in [9.17, 15) is 18.7 Å². The molecule has 1 aliphatic heterocycles. The van der Waals surface area contributed by atoms with Gasteiger partial charge in [-0.15, -0.1) is 0 Å². The summed E-state index contributed by atoms with van der Waals surface area (Å²) in [5.41, 5.74) is 2.27. The number of hydrogen-bond donors (Lipinski definition) is 1. The lowest BCUT2D eigenvalue weighted by molar-refractivity contribution is -0.160. The Morgan fingerprint density at radius 2 is 1.69 bits per heavy atom. The fraction of sp³-hybridized carbons (Fsp3) is 0.469. The minimum absolute atomic E-state index is 0.0400. The first kappa shape index (κ1) is 31.3. The molecule has 1 fully saturated rings. The van der Waals surface area contributed by atoms with Gasteiger partial charge < -0.3 is 19.5 Å². The van der Waals surface area contributed by atoms with Crippen LogP contribution in [0.4, 0.5) is 18.9 Å². The molecule has 1 unspecified atom stereocenters. The van der Waals surface area contributed by atoms with Crippen molar-refractivity contribution in [2.75, 3.05) is 24.6 Å². The first-order chi connectivity index (χ1) is 19.6. The van der Waals surface area contributed by atoms with Crippen LogP contribution in [0.15, 0.2) is 36.7 Å². The number of carboxylic acids is 1. The third-order valence-electron chi connectivity index (χ3n) is 7.35. The Kier molecular flexibility index (Phi) is 9.15. The number of aliphatic carboxylic acids is 1. The highest BCUT2D eigenvalue weighted by atomic mass is 19.1. The average Bonchev–Trinajstić information content (AvgIpc) is 2.87. The van der Waals surface area contributed by atoms with Crippen LogP contribution < -0.4 is 9.64 Å². The van der Waals surface area contributed by atoms with E-state index in [2.05, 4.69) is 28.7 Å². The molecule has 0 amide bonds. The average molecular weight is 586 g/mol. The summed E-state index contributed by atoms with van der Waals surface area (Å²) >= 11 is 0. The minimum Gasteiger partial charge on any atom is -0.479 e. The number of carboxylic acid groups (broad SMARTS) is 1. The molecule has 3 heterocycles. The second-order valence-electron chi connectivity index (χ2n) is 12.5. The van der Waals surface area contributed by atoms with E-state index in [1.54, 1.807) is 33.9 Å². The maximum Gasteiger partial charge on any atom is 0.337 e. The molecule has 0 aliphatic carbocycles. The molecule has 3 aromatic rings. The first-order valence-electron chi connectivity index (χ1n) is 14.0. The van der Waals surface area contributed by atoms with Crippen molar-refractivity contribution >= 4 is 11.7 Å². The Labute approximate surface area is 244 Å². The van der Waals surface area contributed by atoms with Crippen molar-refractivity contribution in [2.45, 2.75) is 72.5 Å². The normalized spacial score (nSPS) is 15.9. The second-order valence-corrected chi connectivity index (χ2v) is 12.5. The first-order valence-corrected chi connectivity index (χ1v) is 14.0. The monoisotopic (exact) mass is 585 g/mol. The van der Waals surface area contributed by atoms with E-state index in [0.29, 0.717) is 46.7 Å². The van der Waals surface area contributed by atoms with Crippen LogP contribution in [0.1, 0.15) is 70.4 Å². The third kappa shape index (κ3) is 7.59. The topological polar surface area (TPSA) is 84.8 Å². The number of carbonyl (C=O) groups is 1. The number of aromatic nitrogens is 2. The quantitative estimate of drug-likeness (QED) is 0.288. The Morgan fingerprint density at radius 1 is 1.05 bits per heavy atom. The van der Waals surface area contributed by atoms with E-state index in [1.165, 1.54) is 24.4 Å². The lowest BCUT2D eigenvalue weighted by atomic mass is 9.82. The zero-order chi connectivity index (χ0) is 30.8. The molecule has 2 aromatic heterocycles. The number of piperidine rings is 1. The van der Waals surface area contributed by atoms with Crippen LogP contribution in [0.3, 0.4) is 0 Å². The number of aryl methyl sites for hydroxylation is 1. The molecule has 226 valence electrons. The molecule has 1 aromatic carbocycles. The van der Waals surface area contributed by atoms with Gasteiger partial charge in [-0.1, -0.05) is 13.8 Å². The summed E-state index contributed by atoms with van der Waals surface area (Å²) in [6.07, 6.45) is 3.70. The summed E-state index contributed by atoms with van der Waals surface area (Å²) in [6.45, 7) is 12.8. The Morgan fingerprint density at radius 3 is 2.26 bits per heavy atom. The highest BCUT2D eigenvalue weighted by Gasteiger charge is 2.36. The van der Waals surface area contributed by atoms with Crippen molar-refractivity contribution in [1.82, 2.24) is 9.97 Å². The molecule has 1 N–H and O–H groups in total. The van der Waals surface area contributed by atoms with Gasteiger partial charge in [0.1, 0.15) is 11.6 Å². The molecule has 0 radical (unpaired) electrons. The molecule has 42 heavy (non-hydrogen) atoms. The van der Waals surface area contributed by atoms with Crippen molar-refractivity contribution in [1.29, 1.82) is 0 Å². The van der Waals surface area contributed by atoms with E-state index in [-0.39, 0.29) is 24.3 Å². The maximum atomic E-state index is 15.3. The molecular weight excluding hydrogens is 547 g/mol. The summed E-state index contributed by atoms with van der Waals surface area (Å²) in [4.78, 5) is 23.4. The van der Waals surface area contributed by atoms with E-state index in [1.807, 2.05) is 0 Å². The lowest BCUT2D eigenvalue weighted by Gasteiger charge is -2.40. The van der Waals surface area contributed by atoms with Gasteiger partial charge in [0.25, 0.3) is 0 Å². The number of nitrogens with zero attached hydrogens (tertiary/aromatic N) is 3. The van der Waals surface area contributed by atoms with E-state index < -0.39 is 35.1 Å². The fourth-order valence-electron chi connectivity index (χ4n) is 5.10. The van der Waals surface area contributed by atoms with Crippen LogP contribution in [0.2, 0.25) is 0 Å². The van der Waals surface area contributed by atoms with Crippen LogP contribution in [-0.4, -0.2) is 46.3 Å². The number of rotatable bonds is 9. The predicted octanol–water partition coefficient (Wildman–Crippen LogP) is 7.06. The number of benzene rings is 1. The second kappa shape index (κ2) is 12.3. The molecule has 0 spiro atoms. The highest BCUT2D eigenvalue weighted by Crippen LogP contribution is 2.43. The van der Waals surface area contributed by atoms with Gasteiger partial charge in [0.15, 0.2) is 11.9 Å². The van der Waals surface area contributed by atoms with Gasteiger partial charge in [0.2, 0.25) is 5.88 Å². The fourth-order valence-corrected chi connectivity index (χ4v) is 5.10. The summed E-state index contributed by atoms with van der Waals surface area (Å²) in [5.74, 6) is -3.52. The zero-order valence-electron chi connectivity index (χ0n) is 24.9. The molecule has 1 saturated heterocycles. The van der Waals surface area contributed by atoms with Crippen molar-refractivity contribution in [3.63, 3.8) is 0 Å². The summed E-state index contributed by atoms with van der Waals surface area (Å²) in [7, 11) is 0. The van der Waals surface area contributed by atoms with E-state index in [4.69, 9.17) is 9.47 Å². The Balaban J connectivity index is 1.71. The molecule has 1 atom stereocenters. The molecule has 7 nitrogen and oxygen atoms in total. The summed E-state index contributed by atoms with van der Waals surface area (Å²) < 4.78 is 53.8. The van der Waals surface area contributed by atoms with Crippen LogP contribution in [0.5, 0.6) is 5.88 Å². The van der Waals surface area contributed by atoms with Gasteiger partial charge in [-0.3, -0.25) is 4.98 Å². The molecule has 10 heteroatoms. The minimum atomic E-state index is -1.30. The largest absolute Gasteiger partial charge is 0.479 e. The summed E-state index contributed by atoms with van der Waals surface area (Å²) in [6, 6.07) is 4.44. The van der Waals surface area contributed by atoms with Crippen molar-refractivity contribution < 1.29 is 32.5 Å². The van der Waals surface area contributed by atoms with Gasteiger partial charge >= 0.3 is 5.97 Å². The van der Waals surface area contributed by atoms with E-state index >= 15 is 4.39 Å². The Bertz CT molecular complexity index is 1430. The van der Waals surface area contributed by atoms with Crippen LogP contribution >= 0.6 is 0 Å². The molecule has 4 rings (SSSR count).